The zero-order valence-electron chi connectivity index (χ0n) is 19.2. The van der Waals surface area contributed by atoms with Gasteiger partial charge in [0.15, 0.2) is 0 Å². The van der Waals surface area contributed by atoms with E-state index in [-0.39, 0.29) is 24.5 Å². The van der Waals surface area contributed by atoms with Gasteiger partial charge in [-0.2, -0.15) is 0 Å². The zero-order valence-corrected chi connectivity index (χ0v) is 19.2. The van der Waals surface area contributed by atoms with Crippen LogP contribution >= 0.6 is 0 Å². The molecule has 0 unspecified atom stereocenters. The van der Waals surface area contributed by atoms with Crippen LogP contribution < -0.4 is 15.4 Å². The minimum Gasteiger partial charge on any atom is -0.495 e. The SMILES string of the molecule is COc1ccc(NC(=O)c2ccc(-c3ccccc3)cc2)cc1NC(=O)CN1CCC(O)CC1. The Morgan fingerprint density at radius 3 is 2.29 bits per heavy atom. The predicted octanol–water partition coefficient (Wildman–Crippen LogP) is 4.01. The number of benzene rings is 3. The quantitative estimate of drug-likeness (QED) is 0.497. The fraction of sp³-hybridized carbons (Fsp3) is 0.259. The summed E-state index contributed by atoms with van der Waals surface area (Å²) in [4.78, 5) is 27.4. The zero-order chi connectivity index (χ0) is 23.9. The highest BCUT2D eigenvalue weighted by molar-refractivity contribution is 6.05. The van der Waals surface area contributed by atoms with Crippen LogP contribution in [0.15, 0.2) is 72.8 Å². The lowest BCUT2D eigenvalue weighted by Crippen LogP contribution is -2.40. The number of anilines is 2. The first-order valence-electron chi connectivity index (χ1n) is 11.4. The molecule has 1 heterocycles. The first-order valence-corrected chi connectivity index (χ1v) is 11.4. The number of amides is 2. The van der Waals surface area contributed by atoms with Gasteiger partial charge in [0, 0.05) is 24.3 Å². The van der Waals surface area contributed by atoms with Gasteiger partial charge in [-0.3, -0.25) is 14.5 Å². The third-order valence-electron chi connectivity index (χ3n) is 5.91. The van der Waals surface area contributed by atoms with E-state index in [2.05, 4.69) is 10.6 Å². The Labute approximate surface area is 199 Å². The highest BCUT2D eigenvalue weighted by Gasteiger charge is 2.20. The lowest BCUT2D eigenvalue weighted by atomic mass is 10.0. The number of rotatable bonds is 7. The first-order chi connectivity index (χ1) is 16.5. The van der Waals surface area contributed by atoms with E-state index in [1.54, 1.807) is 30.3 Å². The molecular weight excluding hydrogens is 430 g/mol. The molecule has 0 saturated carbocycles. The van der Waals surface area contributed by atoms with Gasteiger partial charge in [-0.05, 0) is 54.3 Å². The topological polar surface area (TPSA) is 90.9 Å². The number of methoxy groups -OCH3 is 1. The van der Waals surface area contributed by atoms with Gasteiger partial charge in [0.1, 0.15) is 5.75 Å². The summed E-state index contributed by atoms with van der Waals surface area (Å²) < 4.78 is 5.38. The Bertz CT molecular complexity index is 1120. The Morgan fingerprint density at radius 1 is 0.941 bits per heavy atom. The van der Waals surface area contributed by atoms with Crippen molar-refractivity contribution in [2.75, 3.05) is 37.4 Å². The number of carbonyl (C=O) groups excluding carboxylic acids is 2. The minimum absolute atomic E-state index is 0.172. The molecular formula is C27H29N3O4. The molecule has 3 aromatic carbocycles. The summed E-state index contributed by atoms with van der Waals surface area (Å²) in [5.74, 6) is 0.0937. The molecule has 1 saturated heterocycles. The molecule has 1 aliphatic heterocycles. The summed E-state index contributed by atoms with van der Waals surface area (Å²) in [6, 6.07) is 22.5. The standard InChI is InChI=1S/C27H29N3O4/c1-34-25-12-11-22(17-24(25)29-26(32)18-30-15-13-23(31)14-16-30)28-27(33)21-9-7-20(8-10-21)19-5-3-2-4-6-19/h2-12,17,23,31H,13-16,18H2,1H3,(H,28,33)(H,29,32). The van der Waals surface area contributed by atoms with Gasteiger partial charge in [-0.25, -0.2) is 0 Å². The maximum Gasteiger partial charge on any atom is 0.255 e. The summed E-state index contributed by atoms with van der Waals surface area (Å²) in [6.45, 7) is 1.61. The van der Waals surface area contributed by atoms with E-state index in [1.165, 1.54) is 7.11 Å². The van der Waals surface area contributed by atoms with E-state index in [4.69, 9.17) is 4.74 Å². The number of piperidine rings is 1. The third kappa shape index (κ3) is 6.01. The van der Waals surface area contributed by atoms with Crippen LogP contribution in [0.1, 0.15) is 23.2 Å². The van der Waals surface area contributed by atoms with Gasteiger partial charge in [-0.1, -0.05) is 42.5 Å². The maximum absolute atomic E-state index is 12.8. The molecule has 0 aliphatic carbocycles. The summed E-state index contributed by atoms with van der Waals surface area (Å²) in [5.41, 5.74) is 3.70. The number of nitrogens with zero attached hydrogens (tertiary/aromatic N) is 1. The normalized spacial score (nSPS) is 14.4. The Hall–Kier alpha value is -3.68. The van der Waals surface area contributed by atoms with E-state index >= 15 is 0 Å². The number of nitrogens with one attached hydrogen (secondary N) is 2. The third-order valence-corrected chi connectivity index (χ3v) is 5.91. The number of ether oxygens (including phenoxy) is 1. The molecule has 2 amide bonds. The average molecular weight is 460 g/mol. The van der Waals surface area contributed by atoms with Crippen LogP contribution in [0.3, 0.4) is 0 Å². The van der Waals surface area contributed by atoms with Crippen molar-refractivity contribution in [3.63, 3.8) is 0 Å². The lowest BCUT2D eigenvalue weighted by Gasteiger charge is -2.28. The van der Waals surface area contributed by atoms with Gasteiger partial charge < -0.3 is 20.5 Å². The number of likely N-dealkylation sites (tertiary alicyclic amines) is 1. The number of hydrogen-bond acceptors (Lipinski definition) is 5. The van der Waals surface area contributed by atoms with Gasteiger partial charge in [0.25, 0.3) is 5.91 Å². The molecule has 4 rings (SSSR count). The summed E-state index contributed by atoms with van der Waals surface area (Å²) in [5, 5.41) is 15.4. The lowest BCUT2D eigenvalue weighted by molar-refractivity contribution is -0.117. The molecule has 0 aromatic heterocycles. The number of aliphatic hydroxyl groups is 1. The van der Waals surface area contributed by atoms with E-state index in [9.17, 15) is 14.7 Å². The van der Waals surface area contributed by atoms with Gasteiger partial charge in [0.05, 0.1) is 25.4 Å². The Morgan fingerprint density at radius 2 is 1.62 bits per heavy atom. The second-order valence-corrected chi connectivity index (χ2v) is 8.37. The summed E-state index contributed by atoms with van der Waals surface area (Å²) >= 11 is 0. The Balaban J connectivity index is 1.40. The number of hydrogen-bond donors (Lipinski definition) is 3. The van der Waals surface area contributed by atoms with Crippen molar-refractivity contribution in [3.8, 4) is 16.9 Å². The van der Waals surface area contributed by atoms with Crippen LogP contribution in [0.5, 0.6) is 5.75 Å². The Kier molecular flexibility index (Phi) is 7.57. The smallest absolute Gasteiger partial charge is 0.255 e. The molecule has 7 heteroatoms. The fourth-order valence-electron chi connectivity index (χ4n) is 4.00. The molecule has 0 radical (unpaired) electrons. The molecule has 1 fully saturated rings. The van der Waals surface area contributed by atoms with Gasteiger partial charge in [0.2, 0.25) is 5.91 Å². The monoisotopic (exact) mass is 459 g/mol. The highest BCUT2D eigenvalue weighted by atomic mass is 16.5. The van der Waals surface area contributed by atoms with E-state index in [1.807, 2.05) is 47.4 Å². The summed E-state index contributed by atoms with van der Waals surface area (Å²) in [7, 11) is 1.53. The van der Waals surface area contributed by atoms with Crippen molar-refractivity contribution in [2.24, 2.45) is 0 Å². The van der Waals surface area contributed by atoms with Crippen LogP contribution in [0.25, 0.3) is 11.1 Å². The number of aliphatic hydroxyl groups excluding tert-OH is 1. The van der Waals surface area contributed by atoms with Crippen molar-refractivity contribution in [3.05, 3.63) is 78.4 Å². The van der Waals surface area contributed by atoms with Crippen LogP contribution in [0.4, 0.5) is 11.4 Å². The van der Waals surface area contributed by atoms with Crippen molar-refractivity contribution in [2.45, 2.75) is 18.9 Å². The molecule has 0 atom stereocenters. The van der Waals surface area contributed by atoms with E-state index in [0.29, 0.717) is 48.6 Å². The molecule has 34 heavy (non-hydrogen) atoms. The van der Waals surface area contributed by atoms with E-state index < -0.39 is 0 Å². The highest BCUT2D eigenvalue weighted by Crippen LogP contribution is 2.28. The van der Waals surface area contributed by atoms with Crippen molar-refractivity contribution >= 4 is 23.2 Å². The van der Waals surface area contributed by atoms with Crippen molar-refractivity contribution in [1.29, 1.82) is 0 Å². The predicted molar refractivity (Wildman–Crippen MR) is 133 cm³/mol. The van der Waals surface area contributed by atoms with Crippen molar-refractivity contribution in [1.82, 2.24) is 4.90 Å². The molecule has 0 spiro atoms. The number of carbonyl (C=O) groups is 2. The molecule has 176 valence electrons. The molecule has 3 aromatic rings. The van der Waals surface area contributed by atoms with Crippen LogP contribution in [0.2, 0.25) is 0 Å². The van der Waals surface area contributed by atoms with Crippen LogP contribution in [-0.4, -0.2) is 54.7 Å². The fourth-order valence-corrected chi connectivity index (χ4v) is 4.00. The second kappa shape index (κ2) is 11.0. The molecule has 3 N–H and O–H groups in total. The molecule has 0 bridgehead atoms. The van der Waals surface area contributed by atoms with Crippen LogP contribution in [0, 0.1) is 0 Å². The average Bonchev–Trinajstić information content (AvgIpc) is 2.86. The van der Waals surface area contributed by atoms with E-state index in [0.717, 1.165) is 11.1 Å². The van der Waals surface area contributed by atoms with Crippen LogP contribution in [-0.2, 0) is 4.79 Å². The second-order valence-electron chi connectivity index (χ2n) is 8.37. The van der Waals surface area contributed by atoms with Gasteiger partial charge >= 0.3 is 0 Å². The maximum atomic E-state index is 12.8. The largest absolute Gasteiger partial charge is 0.495 e. The van der Waals surface area contributed by atoms with Gasteiger partial charge in [-0.15, -0.1) is 0 Å². The minimum atomic E-state index is -0.283. The molecule has 1 aliphatic rings. The summed E-state index contributed by atoms with van der Waals surface area (Å²) in [6.07, 6.45) is 1.06. The molecule has 7 nitrogen and oxygen atoms in total. The van der Waals surface area contributed by atoms with Crippen molar-refractivity contribution < 1.29 is 19.4 Å². The first kappa shape index (κ1) is 23.5.